The van der Waals surface area contributed by atoms with E-state index in [1.807, 2.05) is 18.2 Å². The number of fused-ring (bicyclic) bond motifs is 1. The molecule has 31 heavy (non-hydrogen) atoms. The highest BCUT2D eigenvalue weighted by Crippen LogP contribution is 2.44. The Morgan fingerprint density at radius 2 is 1.81 bits per heavy atom. The summed E-state index contributed by atoms with van der Waals surface area (Å²) < 4.78 is 38.8. The number of nitrogens with zero attached hydrogens (tertiary/aromatic N) is 2. The average Bonchev–Trinajstić information content (AvgIpc) is 3.16. The van der Waals surface area contributed by atoms with Crippen LogP contribution in [0, 0.1) is 11.3 Å². The van der Waals surface area contributed by atoms with Crippen molar-refractivity contribution >= 4 is 10.0 Å². The molecule has 0 bridgehead atoms. The van der Waals surface area contributed by atoms with Gasteiger partial charge < -0.3 is 14.6 Å². The lowest BCUT2D eigenvalue weighted by atomic mass is 9.74. The van der Waals surface area contributed by atoms with Crippen LogP contribution < -0.4 is 9.47 Å². The van der Waals surface area contributed by atoms with E-state index in [4.69, 9.17) is 9.47 Å². The van der Waals surface area contributed by atoms with Crippen LogP contribution in [-0.4, -0.2) is 69.7 Å². The topological polar surface area (TPSA) is 79.3 Å². The third-order valence-corrected chi connectivity index (χ3v) is 8.58. The Kier molecular flexibility index (Phi) is 6.25. The van der Waals surface area contributed by atoms with Crippen molar-refractivity contribution in [2.75, 3.05) is 47.0 Å². The molecular weight excluding hydrogens is 416 g/mol. The smallest absolute Gasteiger partial charge is 0.243 e. The quantitative estimate of drug-likeness (QED) is 0.703. The van der Waals surface area contributed by atoms with E-state index in [0.717, 1.165) is 19.6 Å². The maximum absolute atomic E-state index is 13.4. The number of methoxy groups -OCH3 is 2. The maximum Gasteiger partial charge on any atom is 0.243 e. The molecule has 4 rings (SSSR count). The van der Waals surface area contributed by atoms with Gasteiger partial charge in [0, 0.05) is 44.2 Å². The summed E-state index contributed by atoms with van der Waals surface area (Å²) in [5, 5.41) is 10.2. The van der Waals surface area contributed by atoms with Crippen LogP contribution >= 0.6 is 0 Å². The number of sulfonamides is 1. The molecular formula is C23H30N2O5S. The van der Waals surface area contributed by atoms with Gasteiger partial charge in [-0.15, -0.1) is 0 Å². The third kappa shape index (κ3) is 4.17. The number of ether oxygens (including phenoxy) is 2. The average molecular weight is 447 g/mol. The van der Waals surface area contributed by atoms with Gasteiger partial charge in [-0.1, -0.05) is 30.3 Å². The number of hydrogen-bond donors (Lipinski definition) is 1. The molecule has 2 aliphatic rings. The summed E-state index contributed by atoms with van der Waals surface area (Å²) in [5.41, 5.74) is 0.974. The van der Waals surface area contributed by atoms with Crippen molar-refractivity contribution in [3.8, 4) is 11.5 Å². The van der Waals surface area contributed by atoms with Crippen molar-refractivity contribution in [2.45, 2.75) is 17.9 Å². The Morgan fingerprint density at radius 3 is 2.48 bits per heavy atom. The molecule has 1 N–H and O–H groups in total. The number of aliphatic hydroxyl groups is 1. The maximum atomic E-state index is 13.4. The minimum atomic E-state index is -3.67. The van der Waals surface area contributed by atoms with Gasteiger partial charge in [-0.3, -0.25) is 4.90 Å². The van der Waals surface area contributed by atoms with Crippen molar-refractivity contribution in [2.24, 2.45) is 11.3 Å². The molecule has 0 aliphatic carbocycles. The second-order valence-corrected chi connectivity index (χ2v) is 10.4. The summed E-state index contributed by atoms with van der Waals surface area (Å²) in [6, 6.07) is 14.9. The van der Waals surface area contributed by atoms with Gasteiger partial charge in [0.25, 0.3) is 0 Å². The van der Waals surface area contributed by atoms with Gasteiger partial charge in [0.15, 0.2) is 11.5 Å². The summed E-state index contributed by atoms with van der Waals surface area (Å²) >= 11 is 0. The lowest BCUT2D eigenvalue weighted by molar-refractivity contribution is 0.0436. The minimum Gasteiger partial charge on any atom is -0.493 e. The predicted molar refractivity (Wildman–Crippen MR) is 118 cm³/mol. The first-order chi connectivity index (χ1) is 14.9. The number of piperidine rings is 1. The Bertz CT molecular complexity index is 1010. The Balaban J connectivity index is 1.53. The van der Waals surface area contributed by atoms with Crippen LogP contribution in [0.3, 0.4) is 0 Å². The number of aliphatic hydroxyl groups excluding tert-OH is 1. The fraction of sp³-hybridized carbons (Fsp3) is 0.478. The van der Waals surface area contributed by atoms with Crippen molar-refractivity contribution in [3.63, 3.8) is 0 Å². The molecule has 0 aromatic heterocycles. The highest BCUT2D eigenvalue weighted by molar-refractivity contribution is 7.89. The highest BCUT2D eigenvalue weighted by Gasteiger charge is 2.50. The fourth-order valence-electron chi connectivity index (χ4n) is 4.93. The molecule has 0 spiro atoms. The van der Waals surface area contributed by atoms with Crippen LogP contribution in [0.4, 0.5) is 0 Å². The Morgan fingerprint density at radius 1 is 1.06 bits per heavy atom. The predicted octanol–water partition coefficient (Wildman–Crippen LogP) is 2.21. The van der Waals surface area contributed by atoms with Gasteiger partial charge in [0.05, 0.1) is 25.7 Å². The lowest BCUT2D eigenvalue weighted by Gasteiger charge is -2.41. The molecule has 2 atom stereocenters. The van der Waals surface area contributed by atoms with Crippen molar-refractivity contribution in [1.29, 1.82) is 0 Å². The van der Waals surface area contributed by atoms with Gasteiger partial charge in [-0.25, -0.2) is 8.42 Å². The van der Waals surface area contributed by atoms with Crippen LogP contribution in [-0.2, 0) is 16.6 Å². The van der Waals surface area contributed by atoms with Crippen molar-refractivity contribution in [3.05, 3.63) is 54.1 Å². The summed E-state index contributed by atoms with van der Waals surface area (Å²) in [4.78, 5) is 2.53. The van der Waals surface area contributed by atoms with Crippen LogP contribution in [0.5, 0.6) is 11.5 Å². The molecule has 168 valence electrons. The van der Waals surface area contributed by atoms with E-state index in [2.05, 4.69) is 17.0 Å². The number of benzene rings is 2. The molecule has 2 aromatic carbocycles. The van der Waals surface area contributed by atoms with E-state index in [1.165, 1.54) is 25.8 Å². The van der Waals surface area contributed by atoms with E-state index in [-0.39, 0.29) is 22.8 Å². The molecule has 7 nitrogen and oxygen atoms in total. The van der Waals surface area contributed by atoms with E-state index in [9.17, 15) is 13.5 Å². The second kappa shape index (κ2) is 8.78. The SMILES string of the molecule is COc1ccc(S(=O)(=O)N2CCC3(CO)CN(Cc4ccccc4)CC3C2)cc1OC. The monoisotopic (exact) mass is 446 g/mol. The molecule has 2 unspecified atom stereocenters. The lowest BCUT2D eigenvalue weighted by Crippen LogP contribution is -2.50. The van der Waals surface area contributed by atoms with Crippen LogP contribution in [0.15, 0.2) is 53.4 Å². The Labute approximate surface area is 184 Å². The zero-order valence-electron chi connectivity index (χ0n) is 18.0. The van der Waals surface area contributed by atoms with E-state index in [1.54, 1.807) is 16.4 Å². The summed E-state index contributed by atoms with van der Waals surface area (Å²) in [6.07, 6.45) is 0.645. The van der Waals surface area contributed by atoms with Gasteiger partial charge in [0.1, 0.15) is 0 Å². The van der Waals surface area contributed by atoms with Gasteiger partial charge in [-0.05, 0) is 30.0 Å². The number of likely N-dealkylation sites (tertiary alicyclic amines) is 1. The molecule has 0 saturated carbocycles. The van der Waals surface area contributed by atoms with Crippen molar-refractivity contribution < 1.29 is 23.0 Å². The summed E-state index contributed by atoms with van der Waals surface area (Å²) in [7, 11) is -0.661. The zero-order valence-corrected chi connectivity index (χ0v) is 18.8. The Hall–Kier alpha value is -2.13. The molecule has 0 amide bonds. The molecule has 2 saturated heterocycles. The van der Waals surface area contributed by atoms with Gasteiger partial charge in [0.2, 0.25) is 10.0 Å². The first kappa shape index (κ1) is 22.1. The number of rotatable bonds is 7. The van der Waals surface area contributed by atoms with Crippen LogP contribution in [0.25, 0.3) is 0 Å². The first-order valence-electron chi connectivity index (χ1n) is 10.5. The minimum absolute atomic E-state index is 0.0766. The standard InChI is InChI=1S/C23H30N2O5S/c1-29-21-9-8-20(12-22(21)30-2)31(27,28)25-11-10-23(17-26)16-24(14-19(23)15-25)13-18-6-4-3-5-7-18/h3-9,12,19,26H,10-11,13-17H2,1-2H3. The van der Waals surface area contributed by atoms with Crippen LogP contribution in [0.2, 0.25) is 0 Å². The van der Waals surface area contributed by atoms with Gasteiger partial charge >= 0.3 is 0 Å². The molecule has 0 radical (unpaired) electrons. The summed E-state index contributed by atoms with van der Waals surface area (Å²) in [5.74, 6) is 0.969. The summed E-state index contributed by atoms with van der Waals surface area (Å²) in [6.45, 7) is 3.24. The molecule has 8 heteroatoms. The van der Waals surface area contributed by atoms with Crippen LogP contribution in [0.1, 0.15) is 12.0 Å². The van der Waals surface area contributed by atoms with E-state index >= 15 is 0 Å². The molecule has 2 aromatic rings. The molecule has 2 fully saturated rings. The fourth-order valence-corrected chi connectivity index (χ4v) is 6.43. The first-order valence-corrected chi connectivity index (χ1v) is 12.0. The highest BCUT2D eigenvalue weighted by atomic mass is 32.2. The second-order valence-electron chi connectivity index (χ2n) is 8.50. The largest absolute Gasteiger partial charge is 0.493 e. The normalized spacial score (nSPS) is 24.7. The number of hydrogen-bond acceptors (Lipinski definition) is 6. The van der Waals surface area contributed by atoms with E-state index < -0.39 is 10.0 Å². The van der Waals surface area contributed by atoms with Crippen molar-refractivity contribution in [1.82, 2.24) is 9.21 Å². The van der Waals surface area contributed by atoms with Gasteiger partial charge in [-0.2, -0.15) is 4.31 Å². The molecule has 2 heterocycles. The molecule has 2 aliphatic heterocycles. The van der Waals surface area contributed by atoms with E-state index in [0.29, 0.717) is 31.0 Å². The zero-order chi connectivity index (χ0) is 22.1. The third-order valence-electron chi connectivity index (χ3n) is 6.72.